The second kappa shape index (κ2) is 7.62. The number of rotatable bonds is 8. The minimum atomic E-state index is -0.530. The molecule has 3 N–H and O–H groups in total. The van der Waals surface area contributed by atoms with Gasteiger partial charge in [-0.1, -0.05) is 18.2 Å². The monoisotopic (exact) mass is 318 g/mol. The lowest BCUT2D eigenvalue weighted by atomic mass is 9.98. The molecule has 1 unspecified atom stereocenters. The van der Waals surface area contributed by atoms with E-state index in [0.717, 1.165) is 11.1 Å². The van der Waals surface area contributed by atoms with Crippen LogP contribution in [0.15, 0.2) is 24.4 Å². The van der Waals surface area contributed by atoms with Gasteiger partial charge in [-0.15, -0.1) is 0 Å². The molecule has 0 saturated carbocycles. The molecule has 5 heteroatoms. The van der Waals surface area contributed by atoms with Crippen LogP contribution in [0.4, 0.5) is 0 Å². The Morgan fingerprint density at radius 2 is 2.22 bits per heavy atom. The molecule has 1 heterocycles. The molecule has 0 aliphatic rings. The van der Waals surface area contributed by atoms with Gasteiger partial charge in [0, 0.05) is 37.2 Å². The van der Waals surface area contributed by atoms with Gasteiger partial charge in [0.1, 0.15) is 0 Å². The van der Waals surface area contributed by atoms with Crippen molar-refractivity contribution in [1.82, 2.24) is 10.3 Å². The van der Waals surface area contributed by atoms with Gasteiger partial charge in [-0.25, -0.2) is 0 Å². The van der Waals surface area contributed by atoms with Gasteiger partial charge in [-0.05, 0) is 37.8 Å². The zero-order valence-electron chi connectivity index (χ0n) is 14.1. The lowest BCUT2D eigenvalue weighted by molar-refractivity contribution is -0.123. The summed E-state index contributed by atoms with van der Waals surface area (Å²) in [5, 5.41) is 13.3. The normalized spacial score (nSPS) is 13.9. The summed E-state index contributed by atoms with van der Waals surface area (Å²) in [6.45, 7) is 4.35. The molecule has 1 atom stereocenters. The fourth-order valence-corrected chi connectivity index (χ4v) is 2.95. The van der Waals surface area contributed by atoms with Crippen molar-refractivity contribution in [3.8, 4) is 0 Å². The number of carbonyl (C=O) groups excluding carboxylic acids is 1. The summed E-state index contributed by atoms with van der Waals surface area (Å²) < 4.78 is 5.15. The molecule has 1 amide bonds. The summed E-state index contributed by atoms with van der Waals surface area (Å²) >= 11 is 0. The highest BCUT2D eigenvalue weighted by Gasteiger charge is 2.25. The van der Waals surface area contributed by atoms with Gasteiger partial charge in [-0.3, -0.25) is 4.79 Å². The van der Waals surface area contributed by atoms with Crippen molar-refractivity contribution in [2.75, 3.05) is 20.3 Å². The van der Waals surface area contributed by atoms with Crippen molar-refractivity contribution in [2.24, 2.45) is 0 Å². The van der Waals surface area contributed by atoms with Crippen LogP contribution < -0.4 is 5.32 Å². The highest BCUT2D eigenvalue weighted by molar-refractivity contribution is 5.86. The first-order valence-electron chi connectivity index (χ1n) is 7.95. The standard InChI is InChI=1S/C18H26N2O3/c1-13-5-4-6-15-14(11-19-17(13)15)7-8-16(22)20-18(2,9-10-21)12-23-3/h4-6,11,19,21H,7-10,12H2,1-3H3,(H,20,22). The fourth-order valence-electron chi connectivity index (χ4n) is 2.95. The summed E-state index contributed by atoms with van der Waals surface area (Å²) in [7, 11) is 1.59. The van der Waals surface area contributed by atoms with Gasteiger partial charge in [0.2, 0.25) is 5.91 Å². The van der Waals surface area contributed by atoms with Crippen molar-refractivity contribution in [3.63, 3.8) is 0 Å². The van der Waals surface area contributed by atoms with Crippen LogP contribution in [0.3, 0.4) is 0 Å². The number of aliphatic hydroxyl groups excluding tert-OH is 1. The lowest BCUT2D eigenvalue weighted by Gasteiger charge is -2.29. The number of para-hydroxylation sites is 1. The van der Waals surface area contributed by atoms with Crippen LogP contribution in [0.2, 0.25) is 0 Å². The number of aromatic amines is 1. The zero-order chi connectivity index (χ0) is 16.9. The van der Waals surface area contributed by atoms with Crippen LogP contribution in [0.5, 0.6) is 0 Å². The molecule has 0 radical (unpaired) electrons. The van der Waals surface area contributed by atoms with Crippen molar-refractivity contribution >= 4 is 16.8 Å². The van der Waals surface area contributed by atoms with Crippen molar-refractivity contribution in [3.05, 3.63) is 35.5 Å². The Morgan fingerprint density at radius 1 is 1.43 bits per heavy atom. The van der Waals surface area contributed by atoms with Gasteiger partial charge < -0.3 is 20.1 Å². The molecule has 126 valence electrons. The summed E-state index contributed by atoms with van der Waals surface area (Å²) in [5.74, 6) is -0.0278. The Bertz CT molecular complexity index is 657. The number of aliphatic hydroxyl groups is 1. The number of carbonyl (C=O) groups is 1. The van der Waals surface area contributed by atoms with Crippen molar-refractivity contribution in [1.29, 1.82) is 0 Å². The highest BCUT2D eigenvalue weighted by Crippen LogP contribution is 2.22. The molecule has 0 bridgehead atoms. The SMILES string of the molecule is COCC(C)(CCO)NC(=O)CCc1c[nH]c2c(C)cccc12. The number of aryl methyl sites for hydroxylation is 2. The van der Waals surface area contributed by atoms with E-state index in [0.29, 0.717) is 25.9 Å². The Balaban J connectivity index is 1.99. The number of nitrogens with one attached hydrogen (secondary N) is 2. The molecule has 0 spiro atoms. The van der Waals surface area contributed by atoms with Gasteiger partial charge in [-0.2, -0.15) is 0 Å². The Morgan fingerprint density at radius 3 is 2.91 bits per heavy atom. The molecule has 1 aromatic heterocycles. The minimum Gasteiger partial charge on any atom is -0.396 e. The molecule has 1 aromatic carbocycles. The van der Waals surface area contributed by atoms with Gasteiger partial charge >= 0.3 is 0 Å². The van der Waals surface area contributed by atoms with E-state index in [-0.39, 0.29) is 12.5 Å². The number of methoxy groups -OCH3 is 1. The predicted octanol–water partition coefficient (Wildman–Crippen LogP) is 2.31. The molecule has 5 nitrogen and oxygen atoms in total. The molecular weight excluding hydrogens is 292 g/mol. The van der Waals surface area contributed by atoms with E-state index in [4.69, 9.17) is 9.84 Å². The average molecular weight is 318 g/mol. The Labute approximate surface area is 137 Å². The van der Waals surface area contributed by atoms with Crippen molar-refractivity contribution < 1.29 is 14.6 Å². The molecular formula is C18H26N2O3. The minimum absolute atomic E-state index is 0.0157. The molecule has 23 heavy (non-hydrogen) atoms. The summed E-state index contributed by atoms with van der Waals surface area (Å²) in [6.07, 6.45) is 3.54. The maximum Gasteiger partial charge on any atom is 0.220 e. The van der Waals surface area contributed by atoms with E-state index < -0.39 is 5.54 Å². The Hall–Kier alpha value is -1.85. The van der Waals surface area contributed by atoms with E-state index in [9.17, 15) is 4.79 Å². The molecule has 2 rings (SSSR count). The van der Waals surface area contributed by atoms with Crippen LogP contribution in [0.25, 0.3) is 10.9 Å². The maximum absolute atomic E-state index is 12.2. The second-order valence-electron chi connectivity index (χ2n) is 6.33. The molecule has 0 saturated heterocycles. The number of benzene rings is 1. The summed E-state index contributed by atoms with van der Waals surface area (Å²) in [5.41, 5.74) is 2.95. The molecule has 0 aliphatic carbocycles. The number of aromatic nitrogens is 1. The third-order valence-electron chi connectivity index (χ3n) is 4.20. The lowest BCUT2D eigenvalue weighted by Crippen LogP contribution is -2.50. The largest absolute Gasteiger partial charge is 0.396 e. The van der Waals surface area contributed by atoms with Gasteiger partial charge in [0.25, 0.3) is 0 Å². The van der Waals surface area contributed by atoms with Crippen LogP contribution in [-0.4, -0.2) is 41.9 Å². The number of H-pyrrole nitrogens is 1. The number of hydrogen-bond donors (Lipinski definition) is 3. The number of amides is 1. The number of hydrogen-bond acceptors (Lipinski definition) is 3. The summed E-state index contributed by atoms with van der Waals surface area (Å²) in [6, 6.07) is 6.18. The quantitative estimate of drug-likeness (QED) is 0.699. The number of fused-ring (bicyclic) bond motifs is 1. The third kappa shape index (κ3) is 4.33. The predicted molar refractivity (Wildman–Crippen MR) is 91.5 cm³/mol. The molecule has 0 aliphatic heterocycles. The molecule has 2 aromatic rings. The van der Waals surface area contributed by atoms with E-state index in [1.165, 1.54) is 10.9 Å². The smallest absolute Gasteiger partial charge is 0.220 e. The van der Waals surface area contributed by atoms with Crippen LogP contribution in [0, 0.1) is 6.92 Å². The van der Waals surface area contributed by atoms with Crippen LogP contribution in [-0.2, 0) is 16.0 Å². The molecule has 0 fully saturated rings. The Kier molecular flexibility index (Phi) is 5.80. The van der Waals surface area contributed by atoms with E-state index in [1.54, 1.807) is 7.11 Å². The third-order valence-corrected chi connectivity index (χ3v) is 4.20. The van der Waals surface area contributed by atoms with E-state index in [2.05, 4.69) is 29.4 Å². The van der Waals surface area contributed by atoms with Crippen LogP contribution in [0.1, 0.15) is 30.9 Å². The average Bonchev–Trinajstić information content (AvgIpc) is 2.90. The number of ether oxygens (including phenoxy) is 1. The van der Waals surface area contributed by atoms with E-state index >= 15 is 0 Å². The topological polar surface area (TPSA) is 74.3 Å². The first-order chi connectivity index (χ1) is 11.0. The fraction of sp³-hybridized carbons (Fsp3) is 0.500. The first-order valence-corrected chi connectivity index (χ1v) is 7.95. The van der Waals surface area contributed by atoms with Crippen molar-refractivity contribution in [2.45, 2.75) is 38.6 Å². The van der Waals surface area contributed by atoms with Gasteiger partial charge in [0.15, 0.2) is 0 Å². The second-order valence-corrected chi connectivity index (χ2v) is 6.33. The van der Waals surface area contributed by atoms with Gasteiger partial charge in [0.05, 0.1) is 12.1 Å². The first kappa shape index (κ1) is 17.5. The zero-order valence-corrected chi connectivity index (χ0v) is 14.1. The van der Waals surface area contributed by atoms with E-state index in [1.807, 2.05) is 19.2 Å². The van der Waals surface area contributed by atoms with Crippen LogP contribution >= 0.6 is 0 Å². The highest BCUT2D eigenvalue weighted by atomic mass is 16.5. The maximum atomic E-state index is 12.2. The summed E-state index contributed by atoms with van der Waals surface area (Å²) in [4.78, 5) is 15.5.